The quantitative estimate of drug-likeness (QED) is 0.818. The summed E-state index contributed by atoms with van der Waals surface area (Å²) >= 11 is 0. The molecule has 7 heteroatoms. The van der Waals surface area contributed by atoms with Gasteiger partial charge in [-0.15, -0.1) is 0 Å². The molecule has 0 N–H and O–H groups in total. The lowest BCUT2D eigenvalue weighted by molar-refractivity contribution is -0.138. The van der Waals surface area contributed by atoms with E-state index in [9.17, 15) is 9.59 Å². The van der Waals surface area contributed by atoms with Gasteiger partial charge in [0.1, 0.15) is 0 Å². The lowest BCUT2D eigenvalue weighted by Gasteiger charge is -2.48. The highest BCUT2D eigenvalue weighted by Gasteiger charge is 2.42. The minimum atomic E-state index is -0.0275. The third-order valence-electron chi connectivity index (χ3n) is 5.92. The largest absolute Gasteiger partial charge is 0.342 e. The van der Waals surface area contributed by atoms with Crippen LogP contribution >= 0.6 is 0 Å². The van der Waals surface area contributed by atoms with E-state index in [0.29, 0.717) is 24.4 Å². The molecule has 0 unspecified atom stereocenters. The summed E-state index contributed by atoms with van der Waals surface area (Å²) in [7, 11) is 0. The molecule has 0 aliphatic carbocycles. The highest BCUT2D eigenvalue weighted by molar-refractivity contribution is 5.94. The molecular formula is C21H25N5O2. The number of piperidine rings is 2. The van der Waals surface area contributed by atoms with Gasteiger partial charge in [-0.3, -0.25) is 14.6 Å². The Balaban J connectivity index is 1.48. The Bertz CT molecular complexity index is 855. The van der Waals surface area contributed by atoms with E-state index in [1.165, 1.54) is 0 Å². The summed E-state index contributed by atoms with van der Waals surface area (Å²) in [5, 5.41) is 0. The van der Waals surface area contributed by atoms with Crippen LogP contribution in [0.15, 0.2) is 36.9 Å². The molecular weight excluding hydrogens is 354 g/mol. The van der Waals surface area contributed by atoms with E-state index in [0.717, 1.165) is 44.5 Å². The zero-order chi connectivity index (χ0) is 19.6. The number of amides is 2. The molecule has 0 radical (unpaired) electrons. The summed E-state index contributed by atoms with van der Waals surface area (Å²) in [6.45, 7) is 4.95. The summed E-state index contributed by atoms with van der Waals surface area (Å²) < 4.78 is 0. The zero-order valence-corrected chi connectivity index (χ0v) is 16.2. The van der Waals surface area contributed by atoms with Gasteiger partial charge in [-0.2, -0.15) is 0 Å². The molecule has 4 heterocycles. The second-order valence-corrected chi connectivity index (χ2v) is 7.77. The maximum absolute atomic E-state index is 13.0. The molecule has 2 aliphatic rings. The fourth-order valence-electron chi connectivity index (χ4n) is 4.38. The molecule has 2 aliphatic heterocycles. The Kier molecular flexibility index (Phi) is 5.07. The molecule has 0 saturated carbocycles. The molecule has 2 saturated heterocycles. The molecule has 1 spiro atoms. The van der Waals surface area contributed by atoms with Crippen LogP contribution in [0, 0.1) is 5.41 Å². The summed E-state index contributed by atoms with van der Waals surface area (Å²) in [6, 6.07) is 3.68. The van der Waals surface area contributed by atoms with Gasteiger partial charge in [-0.1, -0.05) is 0 Å². The fraction of sp³-hybridized carbons (Fsp3) is 0.476. The molecule has 1 atom stereocenters. The maximum atomic E-state index is 13.0. The first-order chi connectivity index (χ1) is 13.6. The third-order valence-corrected chi connectivity index (χ3v) is 5.92. The van der Waals surface area contributed by atoms with Crippen molar-refractivity contribution in [3.05, 3.63) is 42.5 Å². The number of aromatic nitrogens is 3. The van der Waals surface area contributed by atoms with Gasteiger partial charge in [-0.25, -0.2) is 9.97 Å². The average molecular weight is 379 g/mol. The number of hydrogen-bond acceptors (Lipinski definition) is 5. The smallest absolute Gasteiger partial charge is 0.257 e. The van der Waals surface area contributed by atoms with E-state index >= 15 is 0 Å². The van der Waals surface area contributed by atoms with Crippen molar-refractivity contribution < 1.29 is 9.59 Å². The van der Waals surface area contributed by atoms with Gasteiger partial charge in [0.2, 0.25) is 5.91 Å². The third kappa shape index (κ3) is 3.61. The van der Waals surface area contributed by atoms with Crippen molar-refractivity contribution in [3.63, 3.8) is 0 Å². The molecule has 28 heavy (non-hydrogen) atoms. The predicted octanol–water partition coefficient (Wildman–Crippen LogP) is 2.40. The van der Waals surface area contributed by atoms with Crippen LogP contribution in [0.3, 0.4) is 0 Å². The van der Waals surface area contributed by atoms with Gasteiger partial charge < -0.3 is 9.80 Å². The van der Waals surface area contributed by atoms with Gasteiger partial charge >= 0.3 is 0 Å². The number of carbonyl (C=O) groups excluding carboxylic acids is 2. The van der Waals surface area contributed by atoms with Crippen molar-refractivity contribution in [1.29, 1.82) is 0 Å². The zero-order valence-electron chi connectivity index (χ0n) is 16.2. The van der Waals surface area contributed by atoms with E-state index < -0.39 is 0 Å². The van der Waals surface area contributed by atoms with Crippen molar-refractivity contribution >= 4 is 11.8 Å². The van der Waals surface area contributed by atoms with Crippen molar-refractivity contribution in [2.24, 2.45) is 5.41 Å². The molecule has 2 aromatic heterocycles. The van der Waals surface area contributed by atoms with Crippen LogP contribution in [0.25, 0.3) is 11.4 Å². The molecule has 146 valence electrons. The highest BCUT2D eigenvalue weighted by Crippen LogP contribution is 2.39. The second-order valence-electron chi connectivity index (χ2n) is 7.77. The Morgan fingerprint density at radius 3 is 2.61 bits per heavy atom. The number of likely N-dealkylation sites (tertiary alicyclic amines) is 2. The van der Waals surface area contributed by atoms with Crippen LogP contribution in [0.5, 0.6) is 0 Å². The molecule has 7 nitrogen and oxygen atoms in total. The van der Waals surface area contributed by atoms with E-state index in [-0.39, 0.29) is 17.2 Å². The monoisotopic (exact) mass is 379 g/mol. The Morgan fingerprint density at radius 1 is 1.14 bits per heavy atom. The number of hydrogen-bond donors (Lipinski definition) is 0. The van der Waals surface area contributed by atoms with Crippen LogP contribution in [0.1, 0.15) is 43.0 Å². The predicted molar refractivity (Wildman–Crippen MR) is 104 cm³/mol. The number of rotatable bonds is 3. The van der Waals surface area contributed by atoms with Crippen molar-refractivity contribution in [2.75, 3.05) is 26.2 Å². The standard InChI is InChI=1S/C21H25N5O2/c1-2-25-14-21(8-4-18(25)27)7-3-11-26(15-21)20(28)17-12-23-19(24-13-17)16-5-9-22-10-6-16/h5-6,9-10,12-13H,2-4,7-8,11,14-15H2,1H3/t21-/m0/s1. The molecule has 0 bridgehead atoms. The van der Waals surface area contributed by atoms with Crippen LogP contribution < -0.4 is 0 Å². The molecule has 2 amide bonds. The van der Waals surface area contributed by atoms with Gasteiger partial charge in [0.05, 0.1) is 5.56 Å². The first-order valence-electron chi connectivity index (χ1n) is 9.90. The topological polar surface area (TPSA) is 79.3 Å². The fourth-order valence-corrected chi connectivity index (χ4v) is 4.38. The van der Waals surface area contributed by atoms with Gasteiger partial charge in [-0.05, 0) is 38.3 Å². The van der Waals surface area contributed by atoms with Crippen molar-refractivity contribution in [3.8, 4) is 11.4 Å². The van der Waals surface area contributed by atoms with E-state index in [1.807, 2.05) is 28.9 Å². The Hall–Kier alpha value is -2.83. The summed E-state index contributed by atoms with van der Waals surface area (Å²) in [5.74, 6) is 0.787. The summed E-state index contributed by atoms with van der Waals surface area (Å²) in [4.78, 5) is 41.7. The maximum Gasteiger partial charge on any atom is 0.257 e. The lowest BCUT2D eigenvalue weighted by atomic mass is 9.73. The van der Waals surface area contributed by atoms with Crippen LogP contribution in [0.4, 0.5) is 0 Å². The highest BCUT2D eigenvalue weighted by atomic mass is 16.2. The molecule has 2 aromatic rings. The minimum Gasteiger partial charge on any atom is -0.342 e. The van der Waals surface area contributed by atoms with Crippen LogP contribution in [-0.4, -0.2) is 62.7 Å². The Labute approximate surface area is 164 Å². The van der Waals surface area contributed by atoms with Gasteiger partial charge in [0.15, 0.2) is 5.82 Å². The van der Waals surface area contributed by atoms with Gasteiger partial charge in [0.25, 0.3) is 5.91 Å². The minimum absolute atomic E-state index is 0.0235. The number of nitrogens with zero attached hydrogens (tertiary/aromatic N) is 5. The van der Waals surface area contributed by atoms with E-state index in [4.69, 9.17) is 0 Å². The van der Waals surface area contributed by atoms with Crippen molar-refractivity contribution in [1.82, 2.24) is 24.8 Å². The first kappa shape index (κ1) is 18.5. The lowest BCUT2D eigenvalue weighted by Crippen LogP contribution is -2.55. The Morgan fingerprint density at radius 2 is 1.89 bits per heavy atom. The molecule has 0 aromatic carbocycles. The van der Waals surface area contributed by atoms with Gasteiger partial charge in [0, 0.05) is 68.4 Å². The SMILES string of the molecule is CCN1C[C@]2(CCCN(C(=O)c3cnc(-c4ccncc4)nc3)C2)CCC1=O. The average Bonchev–Trinajstić information content (AvgIpc) is 2.76. The number of pyridine rings is 1. The van der Waals surface area contributed by atoms with E-state index in [2.05, 4.69) is 15.0 Å². The first-order valence-corrected chi connectivity index (χ1v) is 9.90. The van der Waals surface area contributed by atoms with Crippen molar-refractivity contribution in [2.45, 2.75) is 32.6 Å². The molecule has 4 rings (SSSR count). The summed E-state index contributed by atoms with van der Waals surface area (Å²) in [6.07, 6.45) is 10.1. The number of carbonyl (C=O) groups is 2. The molecule has 2 fully saturated rings. The normalized spacial score (nSPS) is 22.5. The van der Waals surface area contributed by atoms with E-state index in [1.54, 1.807) is 24.8 Å². The second kappa shape index (κ2) is 7.66. The van der Waals surface area contributed by atoms with Crippen LogP contribution in [0.2, 0.25) is 0 Å². The van der Waals surface area contributed by atoms with Crippen LogP contribution in [-0.2, 0) is 4.79 Å². The summed E-state index contributed by atoms with van der Waals surface area (Å²) in [5.41, 5.74) is 1.40.